The second kappa shape index (κ2) is 10.4. The van der Waals surface area contributed by atoms with Crippen molar-refractivity contribution in [2.75, 3.05) is 24.2 Å². The number of carbonyl (C=O) groups is 2. The van der Waals surface area contributed by atoms with Gasteiger partial charge in [-0.3, -0.25) is 14.9 Å². The maximum atomic E-state index is 13.0. The zero-order valence-electron chi connectivity index (χ0n) is 18.2. The van der Waals surface area contributed by atoms with Crippen molar-refractivity contribution in [3.63, 3.8) is 0 Å². The Kier molecular flexibility index (Phi) is 7.81. The number of benzene rings is 2. The van der Waals surface area contributed by atoms with E-state index in [0.717, 1.165) is 11.3 Å². The summed E-state index contributed by atoms with van der Waals surface area (Å²) in [5.41, 5.74) is 1.64. The van der Waals surface area contributed by atoms with E-state index in [4.69, 9.17) is 4.74 Å². The molecule has 32 heavy (non-hydrogen) atoms. The molecule has 0 spiro atoms. The van der Waals surface area contributed by atoms with Crippen LogP contribution in [-0.2, 0) is 19.4 Å². The summed E-state index contributed by atoms with van der Waals surface area (Å²) in [5, 5.41) is 7.21. The minimum absolute atomic E-state index is 0.0281. The molecule has 0 radical (unpaired) electrons. The molecule has 10 heteroatoms. The van der Waals surface area contributed by atoms with Crippen LogP contribution in [0.1, 0.15) is 18.1 Å². The molecule has 2 aromatic carbocycles. The number of sulfone groups is 1. The lowest BCUT2D eigenvalue weighted by molar-refractivity contribution is -0.122. The molecule has 2 amide bonds. The van der Waals surface area contributed by atoms with Gasteiger partial charge in [-0.15, -0.1) is 11.8 Å². The lowest BCUT2D eigenvalue weighted by atomic mass is 10.2. The predicted octanol–water partition coefficient (Wildman–Crippen LogP) is 2.22. The van der Waals surface area contributed by atoms with Crippen molar-refractivity contribution in [3.8, 4) is 5.75 Å². The average Bonchev–Trinajstić information content (AvgIpc) is 2.73. The Balaban J connectivity index is 1.53. The van der Waals surface area contributed by atoms with Crippen LogP contribution in [0.25, 0.3) is 0 Å². The molecule has 3 N–H and O–H groups in total. The van der Waals surface area contributed by atoms with Gasteiger partial charge in [0.15, 0.2) is 15.1 Å². The third kappa shape index (κ3) is 5.81. The van der Waals surface area contributed by atoms with Crippen LogP contribution in [0.3, 0.4) is 0 Å². The van der Waals surface area contributed by atoms with Gasteiger partial charge in [0.1, 0.15) is 11.2 Å². The third-order valence-electron chi connectivity index (χ3n) is 4.90. The van der Waals surface area contributed by atoms with Gasteiger partial charge in [0, 0.05) is 12.2 Å². The van der Waals surface area contributed by atoms with E-state index in [1.807, 2.05) is 13.8 Å². The topological polar surface area (TPSA) is 114 Å². The molecule has 3 rings (SSSR count). The van der Waals surface area contributed by atoms with E-state index in [9.17, 15) is 18.0 Å². The molecule has 0 saturated carbocycles. The van der Waals surface area contributed by atoms with Crippen molar-refractivity contribution in [1.29, 1.82) is 0 Å². The molecule has 8 nitrogen and oxygen atoms in total. The van der Waals surface area contributed by atoms with E-state index >= 15 is 0 Å². The molecule has 172 valence electrons. The van der Waals surface area contributed by atoms with Crippen molar-refractivity contribution >= 4 is 39.1 Å². The number of ether oxygens (including phenoxy) is 1. The third-order valence-corrected chi connectivity index (χ3v) is 8.14. The number of hydrogen-bond donors (Lipinski definition) is 3. The monoisotopic (exact) mass is 477 g/mol. The number of rotatable bonds is 8. The molecule has 0 aromatic heterocycles. The molecular formula is C22H27N3O5S2. The molecule has 2 unspecified atom stereocenters. The highest BCUT2D eigenvalue weighted by Crippen LogP contribution is 2.24. The highest BCUT2D eigenvalue weighted by Gasteiger charge is 2.39. The summed E-state index contributed by atoms with van der Waals surface area (Å²) in [4.78, 5) is 24.9. The molecule has 0 bridgehead atoms. The van der Waals surface area contributed by atoms with Crippen LogP contribution in [0.5, 0.6) is 5.75 Å². The van der Waals surface area contributed by atoms with Crippen molar-refractivity contribution in [2.24, 2.45) is 0 Å². The van der Waals surface area contributed by atoms with Crippen LogP contribution in [-0.4, -0.2) is 49.9 Å². The van der Waals surface area contributed by atoms with E-state index < -0.39 is 26.5 Å². The van der Waals surface area contributed by atoms with Gasteiger partial charge in [-0.2, -0.15) is 0 Å². The number of thioether (sulfide) groups is 1. The Bertz CT molecular complexity index is 1090. The van der Waals surface area contributed by atoms with Crippen LogP contribution < -0.4 is 20.7 Å². The first-order valence-corrected chi connectivity index (χ1v) is 12.8. The molecule has 2 aromatic rings. The highest BCUT2D eigenvalue weighted by molar-refractivity contribution is 8.00. The van der Waals surface area contributed by atoms with Crippen LogP contribution >= 0.6 is 11.8 Å². The second-order valence-electron chi connectivity index (χ2n) is 7.42. The van der Waals surface area contributed by atoms with E-state index in [1.165, 1.54) is 11.8 Å². The summed E-state index contributed by atoms with van der Waals surface area (Å²) in [6, 6.07) is 12.1. The van der Waals surface area contributed by atoms with Gasteiger partial charge >= 0.3 is 0 Å². The van der Waals surface area contributed by atoms with Crippen LogP contribution in [0.15, 0.2) is 47.4 Å². The first-order chi connectivity index (χ1) is 15.2. The second-order valence-corrected chi connectivity index (χ2v) is 10.6. The van der Waals surface area contributed by atoms with Gasteiger partial charge in [-0.1, -0.05) is 17.7 Å². The van der Waals surface area contributed by atoms with E-state index in [2.05, 4.69) is 16.0 Å². The number of amides is 2. The number of anilines is 1. The number of nitrogens with one attached hydrogen (secondary N) is 3. The van der Waals surface area contributed by atoms with Crippen molar-refractivity contribution < 1.29 is 22.7 Å². The van der Waals surface area contributed by atoms with Gasteiger partial charge in [0.25, 0.3) is 0 Å². The Hall–Kier alpha value is -2.56. The number of hydrogen-bond acceptors (Lipinski definition) is 7. The number of carbonyl (C=O) groups excluding carboxylic acids is 2. The summed E-state index contributed by atoms with van der Waals surface area (Å²) >= 11 is 1.18. The van der Waals surface area contributed by atoms with E-state index in [1.54, 1.807) is 49.4 Å². The van der Waals surface area contributed by atoms with Gasteiger partial charge in [0.2, 0.25) is 11.8 Å². The van der Waals surface area contributed by atoms with Crippen LogP contribution in [0.4, 0.5) is 5.69 Å². The molecule has 0 aliphatic carbocycles. The molecule has 1 aliphatic rings. The standard InChI is InChI=1S/C22H27N3O5S2/c1-4-30-17-8-6-16(7-9-17)24-20(26)13-31-22-23-12-19(21(27)25-22)32(28,29)18-10-5-14(2)11-15(18)3/h5-11,19,22-23H,4,12-13H2,1-3H3,(H,24,26)(H,25,27). The van der Waals surface area contributed by atoms with Crippen molar-refractivity contribution in [1.82, 2.24) is 10.6 Å². The van der Waals surface area contributed by atoms with Gasteiger partial charge in [-0.05, 0) is 56.7 Å². The van der Waals surface area contributed by atoms with E-state index in [-0.39, 0.29) is 23.1 Å². The Morgan fingerprint density at radius 2 is 1.91 bits per heavy atom. The van der Waals surface area contributed by atoms with E-state index in [0.29, 0.717) is 17.9 Å². The predicted molar refractivity (Wildman–Crippen MR) is 126 cm³/mol. The van der Waals surface area contributed by atoms with Crippen molar-refractivity contribution in [2.45, 2.75) is 36.4 Å². The van der Waals surface area contributed by atoms with Crippen molar-refractivity contribution in [3.05, 3.63) is 53.6 Å². The fourth-order valence-corrected chi connectivity index (χ4v) is 5.90. The molecule has 1 saturated heterocycles. The van der Waals surface area contributed by atoms with Crippen LogP contribution in [0.2, 0.25) is 0 Å². The van der Waals surface area contributed by atoms with Gasteiger partial charge in [-0.25, -0.2) is 8.42 Å². The highest BCUT2D eigenvalue weighted by atomic mass is 32.2. The normalized spacial score (nSPS) is 18.7. The fraction of sp³-hybridized carbons (Fsp3) is 0.364. The van der Waals surface area contributed by atoms with Crippen LogP contribution in [0, 0.1) is 13.8 Å². The summed E-state index contributed by atoms with van der Waals surface area (Å²) in [6.45, 7) is 6.03. The minimum atomic E-state index is -3.84. The largest absolute Gasteiger partial charge is 0.494 e. The lowest BCUT2D eigenvalue weighted by Gasteiger charge is -2.30. The van der Waals surface area contributed by atoms with Gasteiger partial charge < -0.3 is 15.4 Å². The maximum Gasteiger partial charge on any atom is 0.241 e. The summed E-state index contributed by atoms with van der Waals surface area (Å²) in [7, 11) is -3.84. The Morgan fingerprint density at radius 1 is 1.19 bits per heavy atom. The fourth-order valence-electron chi connectivity index (χ4n) is 3.36. The maximum absolute atomic E-state index is 13.0. The van der Waals surface area contributed by atoms with Gasteiger partial charge in [0.05, 0.1) is 17.3 Å². The first kappa shape index (κ1) is 24.1. The Morgan fingerprint density at radius 3 is 2.53 bits per heavy atom. The zero-order valence-corrected chi connectivity index (χ0v) is 19.8. The summed E-state index contributed by atoms with van der Waals surface area (Å²) < 4.78 is 31.3. The molecule has 2 atom stereocenters. The molecule has 1 fully saturated rings. The number of aryl methyl sites for hydroxylation is 2. The lowest BCUT2D eigenvalue weighted by Crippen LogP contribution is -2.59. The Labute approximate surface area is 192 Å². The molecule has 1 heterocycles. The summed E-state index contributed by atoms with van der Waals surface area (Å²) in [6.07, 6.45) is 0. The first-order valence-electron chi connectivity index (χ1n) is 10.2. The summed E-state index contributed by atoms with van der Waals surface area (Å²) in [5.74, 6) is -0.00710. The zero-order chi connectivity index (χ0) is 23.3. The molecule has 1 aliphatic heterocycles. The molecular weight excluding hydrogens is 450 g/mol. The smallest absolute Gasteiger partial charge is 0.241 e. The minimum Gasteiger partial charge on any atom is -0.494 e. The quantitative estimate of drug-likeness (QED) is 0.534. The SMILES string of the molecule is CCOc1ccc(NC(=O)CSC2NCC(S(=O)(=O)c3ccc(C)cc3C)C(=O)N2)cc1. The average molecular weight is 478 g/mol.